The van der Waals surface area contributed by atoms with Gasteiger partial charge in [0.25, 0.3) is 0 Å². The van der Waals surface area contributed by atoms with Crippen molar-refractivity contribution in [2.24, 2.45) is 0 Å². The third-order valence-corrected chi connectivity index (χ3v) is 5.36. The molecule has 25 heavy (non-hydrogen) atoms. The van der Waals surface area contributed by atoms with Crippen LogP contribution in [0.3, 0.4) is 0 Å². The lowest BCUT2D eigenvalue weighted by molar-refractivity contribution is 0.120. The van der Waals surface area contributed by atoms with Gasteiger partial charge in [0.2, 0.25) is 5.95 Å². The maximum absolute atomic E-state index is 5.59. The van der Waals surface area contributed by atoms with Crippen molar-refractivity contribution in [2.75, 3.05) is 25.5 Å². The average Bonchev–Trinajstić information content (AvgIpc) is 3.26. The minimum Gasteiger partial charge on any atom is -0.376 e. The SMILES string of the molecule is CC(C)c1nc(CN(C)Cc2cnc(NC[C@H]3CCCO3)nc2)cs1. The van der Waals surface area contributed by atoms with Gasteiger partial charge in [0.15, 0.2) is 0 Å². The molecule has 3 heterocycles. The Bertz CT molecular complexity index is 652. The van der Waals surface area contributed by atoms with Crippen molar-refractivity contribution in [3.05, 3.63) is 34.0 Å². The fourth-order valence-electron chi connectivity index (χ4n) is 2.84. The number of ether oxygens (including phenoxy) is 1. The minimum atomic E-state index is 0.295. The topological polar surface area (TPSA) is 63.2 Å². The molecule has 1 N–H and O–H groups in total. The maximum atomic E-state index is 5.59. The van der Waals surface area contributed by atoms with Crippen molar-refractivity contribution in [1.29, 1.82) is 0 Å². The lowest BCUT2D eigenvalue weighted by Crippen LogP contribution is -2.20. The number of hydrogen-bond donors (Lipinski definition) is 1. The lowest BCUT2D eigenvalue weighted by Gasteiger charge is -2.15. The molecule has 0 unspecified atom stereocenters. The molecule has 1 saturated heterocycles. The second-order valence-corrected chi connectivity index (χ2v) is 7.82. The van der Waals surface area contributed by atoms with E-state index in [4.69, 9.17) is 9.72 Å². The Labute approximate surface area is 153 Å². The predicted octanol–water partition coefficient (Wildman–Crippen LogP) is 3.28. The van der Waals surface area contributed by atoms with Crippen LogP contribution in [0.1, 0.15) is 48.9 Å². The first-order valence-electron chi connectivity index (χ1n) is 8.89. The number of hydrogen-bond acceptors (Lipinski definition) is 7. The molecule has 0 amide bonds. The normalized spacial score (nSPS) is 17.6. The van der Waals surface area contributed by atoms with Crippen molar-refractivity contribution in [2.45, 2.75) is 51.8 Å². The second kappa shape index (κ2) is 8.69. The Morgan fingerprint density at radius 3 is 2.76 bits per heavy atom. The molecule has 6 nitrogen and oxygen atoms in total. The first kappa shape index (κ1) is 18.2. The zero-order chi connectivity index (χ0) is 17.6. The van der Waals surface area contributed by atoms with Gasteiger partial charge in [-0.15, -0.1) is 11.3 Å². The first-order valence-corrected chi connectivity index (χ1v) is 9.77. The minimum absolute atomic E-state index is 0.295. The van der Waals surface area contributed by atoms with Crippen molar-refractivity contribution in [3.8, 4) is 0 Å². The fraction of sp³-hybridized carbons (Fsp3) is 0.611. The van der Waals surface area contributed by atoms with Gasteiger partial charge in [0, 0.05) is 55.5 Å². The number of rotatable bonds is 8. The Hall–Kier alpha value is -1.57. The van der Waals surface area contributed by atoms with Crippen molar-refractivity contribution < 1.29 is 4.74 Å². The van der Waals surface area contributed by atoms with Crippen LogP contribution >= 0.6 is 11.3 Å². The summed E-state index contributed by atoms with van der Waals surface area (Å²) in [6.45, 7) is 7.65. The highest BCUT2D eigenvalue weighted by Crippen LogP contribution is 2.20. The Morgan fingerprint density at radius 1 is 1.32 bits per heavy atom. The lowest BCUT2D eigenvalue weighted by atomic mass is 10.2. The Kier molecular flexibility index (Phi) is 6.34. The molecular formula is C18H27N5OS. The highest BCUT2D eigenvalue weighted by Gasteiger charge is 2.15. The maximum Gasteiger partial charge on any atom is 0.222 e. The molecule has 3 rings (SSSR count). The van der Waals surface area contributed by atoms with E-state index >= 15 is 0 Å². The molecule has 1 aliphatic rings. The van der Waals surface area contributed by atoms with Crippen LogP contribution in [0.4, 0.5) is 5.95 Å². The van der Waals surface area contributed by atoms with Crippen LogP contribution in [0.15, 0.2) is 17.8 Å². The summed E-state index contributed by atoms with van der Waals surface area (Å²) in [5, 5.41) is 6.61. The summed E-state index contributed by atoms with van der Waals surface area (Å²) in [5.74, 6) is 1.16. The van der Waals surface area contributed by atoms with Crippen LogP contribution in [0.5, 0.6) is 0 Å². The van der Waals surface area contributed by atoms with Crippen LogP contribution < -0.4 is 5.32 Å². The van der Waals surface area contributed by atoms with Gasteiger partial charge in [-0.3, -0.25) is 4.90 Å². The van der Waals surface area contributed by atoms with Gasteiger partial charge in [0.05, 0.1) is 16.8 Å². The number of aromatic nitrogens is 3. The number of thiazole rings is 1. The smallest absolute Gasteiger partial charge is 0.222 e. The third-order valence-electron chi connectivity index (χ3n) is 4.16. The van der Waals surface area contributed by atoms with Crippen molar-refractivity contribution in [3.63, 3.8) is 0 Å². The van der Waals surface area contributed by atoms with E-state index in [1.165, 1.54) is 5.01 Å². The fourth-order valence-corrected chi connectivity index (χ4v) is 3.67. The molecule has 0 aliphatic carbocycles. The predicted molar refractivity (Wildman–Crippen MR) is 101 cm³/mol. The molecule has 1 fully saturated rings. The largest absolute Gasteiger partial charge is 0.376 e. The van der Waals surface area contributed by atoms with E-state index in [9.17, 15) is 0 Å². The zero-order valence-corrected chi connectivity index (χ0v) is 16.1. The van der Waals surface area contributed by atoms with E-state index in [1.807, 2.05) is 12.4 Å². The molecular weight excluding hydrogens is 334 g/mol. The molecule has 0 aromatic carbocycles. The van der Waals surface area contributed by atoms with Crippen LogP contribution in [0, 0.1) is 0 Å². The summed E-state index contributed by atoms with van der Waals surface area (Å²) in [7, 11) is 2.10. The van der Waals surface area contributed by atoms with Gasteiger partial charge in [-0.2, -0.15) is 0 Å². The highest BCUT2D eigenvalue weighted by molar-refractivity contribution is 7.09. The van der Waals surface area contributed by atoms with Gasteiger partial charge in [-0.25, -0.2) is 15.0 Å². The summed E-state index contributed by atoms with van der Waals surface area (Å²) in [5.41, 5.74) is 2.23. The summed E-state index contributed by atoms with van der Waals surface area (Å²) in [6.07, 6.45) is 6.34. The van der Waals surface area contributed by atoms with E-state index in [1.54, 1.807) is 11.3 Å². The quantitative estimate of drug-likeness (QED) is 0.778. The second-order valence-electron chi connectivity index (χ2n) is 6.93. The van der Waals surface area contributed by atoms with Gasteiger partial charge in [-0.1, -0.05) is 13.8 Å². The Balaban J connectivity index is 1.46. The zero-order valence-electron chi connectivity index (χ0n) is 15.2. The summed E-state index contributed by atoms with van der Waals surface area (Å²) < 4.78 is 5.59. The molecule has 136 valence electrons. The molecule has 0 saturated carbocycles. The first-order chi connectivity index (χ1) is 12.1. The average molecular weight is 362 g/mol. The van der Waals surface area contributed by atoms with E-state index in [2.05, 4.69) is 46.5 Å². The number of nitrogens with zero attached hydrogens (tertiary/aromatic N) is 4. The van der Waals surface area contributed by atoms with E-state index in [0.29, 0.717) is 18.0 Å². The molecule has 0 spiro atoms. The van der Waals surface area contributed by atoms with E-state index in [0.717, 1.165) is 50.3 Å². The molecule has 0 radical (unpaired) electrons. The molecule has 1 atom stereocenters. The molecule has 2 aromatic heterocycles. The number of anilines is 1. The van der Waals surface area contributed by atoms with Crippen LogP contribution in [0.2, 0.25) is 0 Å². The number of nitrogens with one attached hydrogen (secondary N) is 1. The van der Waals surface area contributed by atoms with Crippen molar-refractivity contribution in [1.82, 2.24) is 19.9 Å². The Morgan fingerprint density at radius 2 is 2.12 bits per heavy atom. The van der Waals surface area contributed by atoms with Gasteiger partial charge in [-0.05, 0) is 19.9 Å². The standard InChI is InChI=1S/C18H27N5OS/c1-13(2)17-22-15(12-25-17)11-23(3)10-14-7-19-18(20-8-14)21-9-16-5-4-6-24-16/h7-8,12-13,16H,4-6,9-11H2,1-3H3,(H,19,20,21)/t16-/m1/s1. The summed E-state index contributed by atoms with van der Waals surface area (Å²) in [4.78, 5) is 15.7. The van der Waals surface area contributed by atoms with Crippen molar-refractivity contribution >= 4 is 17.3 Å². The van der Waals surface area contributed by atoms with Crippen LogP contribution in [0.25, 0.3) is 0 Å². The van der Waals surface area contributed by atoms with Gasteiger partial charge in [0.1, 0.15) is 0 Å². The van der Waals surface area contributed by atoms with Gasteiger partial charge >= 0.3 is 0 Å². The van der Waals surface area contributed by atoms with E-state index < -0.39 is 0 Å². The molecule has 1 aliphatic heterocycles. The highest BCUT2D eigenvalue weighted by atomic mass is 32.1. The monoisotopic (exact) mass is 361 g/mol. The summed E-state index contributed by atoms with van der Waals surface area (Å²) >= 11 is 1.74. The van der Waals surface area contributed by atoms with Crippen LogP contribution in [-0.4, -0.2) is 46.2 Å². The molecule has 0 bridgehead atoms. The molecule has 2 aromatic rings. The third kappa shape index (κ3) is 5.45. The van der Waals surface area contributed by atoms with E-state index in [-0.39, 0.29) is 0 Å². The van der Waals surface area contributed by atoms with Gasteiger partial charge < -0.3 is 10.1 Å². The van der Waals surface area contributed by atoms with Crippen LogP contribution in [-0.2, 0) is 17.8 Å². The molecule has 7 heteroatoms. The summed E-state index contributed by atoms with van der Waals surface area (Å²) in [6, 6.07) is 0.